The van der Waals surface area contributed by atoms with Crippen molar-refractivity contribution in [2.45, 2.75) is 57.9 Å². The van der Waals surface area contributed by atoms with Crippen molar-refractivity contribution >= 4 is 11.8 Å². The molecule has 2 aromatic rings. The molecule has 0 bridgehead atoms. The van der Waals surface area contributed by atoms with Crippen LogP contribution in [0.25, 0.3) is 0 Å². The molecule has 1 aromatic heterocycles. The predicted molar refractivity (Wildman–Crippen MR) is 111 cm³/mol. The van der Waals surface area contributed by atoms with Crippen molar-refractivity contribution in [1.29, 1.82) is 5.26 Å². The number of aliphatic hydroxyl groups is 1. The third kappa shape index (κ3) is 5.85. The maximum absolute atomic E-state index is 12.8. The highest BCUT2D eigenvalue weighted by atomic mass is 19.4. The molecule has 0 amide bonds. The lowest BCUT2D eigenvalue weighted by Crippen LogP contribution is -2.41. The SMILES string of the molecule is CC1(C)C[C@H](Nc2nc(NCCc3cccc(C(F)(F)F)c3)ncc2C#N)CC[C@@H]1O. The monoisotopic (exact) mass is 433 g/mol. The second-order valence-corrected chi connectivity index (χ2v) is 8.57. The van der Waals surface area contributed by atoms with Crippen LogP contribution in [0.5, 0.6) is 0 Å². The Bertz CT molecular complexity index is 955. The number of nitrogens with zero attached hydrogens (tertiary/aromatic N) is 3. The molecule has 166 valence electrons. The van der Waals surface area contributed by atoms with Crippen LogP contribution in [0.15, 0.2) is 30.5 Å². The minimum Gasteiger partial charge on any atom is -0.393 e. The van der Waals surface area contributed by atoms with E-state index in [1.54, 1.807) is 6.07 Å². The fourth-order valence-corrected chi connectivity index (χ4v) is 3.82. The van der Waals surface area contributed by atoms with E-state index in [9.17, 15) is 23.5 Å². The Morgan fingerprint density at radius 1 is 1.29 bits per heavy atom. The molecule has 1 aromatic carbocycles. The molecule has 1 saturated carbocycles. The quantitative estimate of drug-likeness (QED) is 0.626. The number of aliphatic hydroxyl groups excluding tert-OH is 1. The number of rotatable bonds is 6. The van der Waals surface area contributed by atoms with E-state index in [0.29, 0.717) is 42.3 Å². The van der Waals surface area contributed by atoms with Gasteiger partial charge in [-0.3, -0.25) is 0 Å². The summed E-state index contributed by atoms with van der Waals surface area (Å²) in [6.45, 7) is 4.37. The molecule has 1 fully saturated rings. The molecule has 0 unspecified atom stereocenters. The van der Waals surface area contributed by atoms with Gasteiger partial charge < -0.3 is 15.7 Å². The van der Waals surface area contributed by atoms with E-state index in [-0.39, 0.29) is 17.6 Å². The van der Waals surface area contributed by atoms with Crippen LogP contribution in [0.2, 0.25) is 0 Å². The van der Waals surface area contributed by atoms with E-state index in [2.05, 4.69) is 26.7 Å². The Hall–Kier alpha value is -2.86. The standard InChI is InChI=1S/C22H26F3N5O/c1-21(2)11-17(6-7-18(21)31)29-19-15(12-26)13-28-20(30-19)27-9-8-14-4-3-5-16(10-14)22(23,24)25/h3-5,10,13,17-18,31H,6-9,11H2,1-2H3,(H2,27,28,29,30)/t17-,18+/m1/s1. The summed E-state index contributed by atoms with van der Waals surface area (Å²) in [4.78, 5) is 8.52. The van der Waals surface area contributed by atoms with Gasteiger partial charge in [0.25, 0.3) is 0 Å². The lowest BCUT2D eigenvalue weighted by Gasteiger charge is -2.40. The van der Waals surface area contributed by atoms with Crippen LogP contribution >= 0.6 is 0 Å². The average Bonchev–Trinajstić information content (AvgIpc) is 2.70. The first-order chi connectivity index (χ1) is 14.6. The van der Waals surface area contributed by atoms with Crippen LogP contribution in [-0.2, 0) is 12.6 Å². The van der Waals surface area contributed by atoms with Crippen molar-refractivity contribution in [2.24, 2.45) is 5.41 Å². The third-order valence-corrected chi connectivity index (χ3v) is 5.66. The summed E-state index contributed by atoms with van der Waals surface area (Å²) in [5.41, 5.74) is -0.0433. The summed E-state index contributed by atoms with van der Waals surface area (Å²) in [6.07, 6.45) is -0.780. The zero-order chi connectivity index (χ0) is 22.6. The van der Waals surface area contributed by atoms with Gasteiger partial charge in [0, 0.05) is 12.6 Å². The zero-order valence-corrected chi connectivity index (χ0v) is 17.5. The minimum absolute atomic E-state index is 0.0679. The fraction of sp³-hybridized carbons (Fsp3) is 0.500. The topological polar surface area (TPSA) is 93.9 Å². The molecule has 1 aliphatic rings. The number of nitriles is 1. The molecular weight excluding hydrogens is 407 g/mol. The van der Waals surface area contributed by atoms with Gasteiger partial charge in [0.05, 0.1) is 17.9 Å². The summed E-state index contributed by atoms with van der Waals surface area (Å²) in [5.74, 6) is 0.708. The Morgan fingerprint density at radius 3 is 2.74 bits per heavy atom. The number of benzene rings is 1. The molecule has 0 saturated heterocycles. The number of halogens is 3. The molecule has 2 atom stereocenters. The minimum atomic E-state index is -4.37. The van der Waals surface area contributed by atoms with Gasteiger partial charge in [0.1, 0.15) is 17.5 Å². The van der Waals surface area contributed by atoms with Crippen molar-refractivity contribution in [3.63, 3.8) is 0 Å². The lowest BCUT2D eigenvalue weighted by molar-refractivity contribution is -0.137. The fourth-order valence-electron chi connectivity index (χ4n) is 3.82. The second kappa shape index (κ2) is 9.10. The van der Waals surface area contributed by atoms with Gasteiger partial charge >= 0.3 is 6.18 Å². The normalized spacial score (nSPS) is 20.7. The predicted octanol–water partition coefficient (Wildman–Crippen LogP) is 4.37. The van der Waals surface area contributed by atoms with Gasteiger partial charge in [-0.1, -0.05) is 32.0 Å². The molecule has 0 radical (unpaired) electrons. The molecule has 9 heteroatoms. The van der Waals surface area contributed by atoms with Crippen LogP contribution in [-0.4, -0.2) is 33.8 Å². The highest BCUT2D eigenvalue weighted by Gasteiger charge is 2.36. The number of aromatic nitrogens is 2. The van der Waals surface area contributed by atoms with Crippen LogP contribution in [0.1, 0.15) is 49.8 Å². The van der Waals surface area contributed by atoms with Crippen LogP contribution in [0, 0.1) is 16.7 Å². The van der Waals surface area contributed by atoms with Crippen molar-refractivity contribution in [2.75, 3.05) is 17.2 Å². The molecular formula is C22H26F3N5O. The summed E-state index contributed by atoms with van der Waals surface area (Å²) in [6, 6.07) is 7.35. The number of alkyl halides is 3. The molecule has 1 heterocycles. The van der Waals surface area contributed by atoms with Gasteiger partial charge in [0.15, 0.2) is 0 Å². The second-order valence-electron chi connectivity index (χ2n) is 8.57. The first kappa shape index (κ1) is 22.8. The molecule has 6 nitrogen and oxygen atoms in total. The largest absolute Gasteiger partial charge is 0.416 e. The Labute approximate surface area is 179 Å². The molecule has 3 N–H and O–H groups in total. The van der Waals surface area contributed by atoms with Gasteiger partial charge in [-0.15, -0.1) is 0 Å². The summed E-state index contributed by atoms with van der Waals surface area (Å²) in [7, 11) is 0. The third-order valence-electron chi connectivity index (χ3n) is 5.66. The maximum Gasteiger partial charge on any atom is 0.416 e. The van der Waals surface area contributed by atoms with E-state index < -0.39 is 11.7 Å². The lowest BCUT2D eigenvalue weighted by atomic mass is 9.73. The van der Waals surface area contributed by atoms with Gasteiger partial charge in [-0.25, -0.2) is 4.98 Å². The number of hydrogen-bond donors (Lipinski definition) is 3. The van der Waals surface area contributed by atoms with Crippen LogP contribution < -0.4 is 10.6 Å². The molecule has 3 rings (SSSR count). The number of anilines is 2. The van der Waals surface area contributed by atoms with Crippen molar-refractivity contribution in [1.82, 2.24) is 9.97 Å². The summed E-state index contributed by atoms with van der Waals surface area (Å²) < 4.78 is 38.5. The van der Waals surface area contributed by atoms with Crippen LogP contribution in [0.4, 0.5) is 24.9 Å². The van der Waals surface area contributed by atoms with Crippen LogP contribution in [0.3, 0.4) is 0 Å². The van der Waals surface area contributed by atoms with E-state index in [4.69, 9.17) is 0 Å². The zero-order valence-electron chi connectivity index (χ0n) is 17.5. The average molecular weight is 433 g/mol. The van der Waals surface area contributed by atoms with E-state index in [0.717, 1.165) is 25.0 Å². The Morgan fingerprint density at radius 2 is 2.06 bits per heavy atom. The maximum atomic E-state index is 12.8. The van der Waals surface area contributed by atoms with Gasteiger partial charge in [-0.2, -0.15) is 23.4 Å². The van der Waals surface area contributed by atoms with E-state index >= 15 is 0 Å². The van der Waals surface area contributed by atoms with Gasteiger partial charge in [0.2, 0.25) is 5.95 Å². The molecule has 0 aliphatic heterocycles. The molecule has 0 spiro atoms. The van der Waals surface area contributed by atoms with Crippen molar-refractivity contribution in [3.05, 3.63) is 47.2 Å². The van der Waals surface area contributed by atoms with E-state index in [1.807, 2.05) is 13.8 Å². The highest BCUT2D eigenvalue weighted by molar-refractivity contribution is 5.54. The number of nitrogens with one attached hydrogen (secondary N) is 2. The number of hydrogen-bond acceptors (Lipinski definition) is 6. The molecule has 31 heavy (non-hydrogen) atoms. The van der Waals surface area contributed by atoms with Gasteiger partial charge in [-0.05, 0) is 42.7 Å². The molecule has 1 aliphatic carbocycles. The summed E-state index contributed by atoms with van der Waals surface area (Å²) >= 11 is 0. The first-order valence-electron chi connectivity index (χ1n) is 10.2. The Kier molecular flexibility index (Phi) is 6.70. The highest BCUT2D eigenvalue weighted by Crippen LogP contribution is 2.37. The van der Waals surface area contributed by atoms with E-state index in [1.165, 1.54) is 12.3 Å². The Balaban J connectivity index is 1.64. The van der Waals surface area contributed by atoms with Crippen molar-refractivity contribution in [3.8, 4) is 6.07 Å². The first-order valence-corrected chi connectivity index (χ1v) is 10.2. The van der Waals surface area contributed by atoms with Crippen molar-refractivity contribution < 1.29 is 18.3 Å². The smallest absolute Gasteiger partial charge is 0.393 e. The summed E-state index contributed by atoms with van der Waals surface area (Å²) in [5, 5.41) is 25.8.